The molecule has 6 nitrogen and oxygen atoms in total. The predicted octanol–water partition coefficient (Wildman–Crippen LogP) is 3.98. The minimum atomic E-state index is -4.42. The van der Waals surface area contributed by atoms with Crippen molar-refractivity contribution in [3.05, 3.63) is 77.7 Å². The summed E-state index contributed by atoms with van der Waals surface area (Å²) in [6.07, 6.45) is 0.414. The number of aryl methyl sites for hydroxylation is 1. The molecule has 152 valence electrons. The Balaban J connectivity index is 1.70. The topological polar surface area (TPSA) is 72.7 Å². The lowest BCUT2D eigenvalue weighted by Gasteiger charge is -2.10. The molecule has 0 saturated heterocycles. The first-order chi connectivity index (χ1) is 14.3. The number of aromatic nitrogens is 4. The Bertz CT molecular complexity index is 1200. The quantitative estimate of drug-likeness (QED) is 0.551. The summed E-state index contributed by atoms with van der Waals surface area (Å²) in [7, 11) is 1.68. The highest BCUT2D eigenvalue weighted by molar-refractivity contribution is 6.06. The van der Waals surface area contributed by atoms with E-state index in [4.69, 9.17) is 0 Å². The van der Waals surface area contributed by atoms with Crippen molar-refractivity contribution < 1.29 is 18.0 Å². The molecule has 0 unspecified atom stereocenters. The number of alkyl halides is 3. The summed E-state index contributed by atoms with van der Waals surface area (Å²) >= 11 is 0. The predicted molar refractivity (Wildman–Crippen MR) is 104 cm³/mol. The Morgan fingerprint density at radius 1 is 1.13 bits per heavy atom. The van der Waals surface area contributed by atoms with Crippen LogP contribution in [0.1, 0.15) is 21.5 Å². The van der Waals surface area contributed by atoms with Gasteiger partial charge in [0.2, 0.25) is 0 Å². The lowest BCUT2D eigenvalue weighted by molar-refractivity contribution is -0.137. The van der Waals surface area contributed by atoms with Crippen molar-refractivity contribution in [2.45, 2.75) is 12.7 Å². The summed E-state index contributed by atoms with van der Waals surface area (Å²) in [6, 6.07) is 9.84. The van der Waals surface area contributed by atoms with Crippen LogP contribution in [0.15, 0.2) is 61.1 Å². The molecule has 3 aromatic heterocycles. The molecule has 0 spiro atoms. The van der Waals surface area contributed by atoms with Crippen LogP contribution in [0.5, 0.6) is 0 Å². The van der Waals surface area contributed by atoms with Crippen LogP contribution in [0.2, 0.25) is 0 Å². The second-order valence-corrected chi connectivity index (χ2v) is 6.68. The van der Waals surface area contributed by atoms with Gasteiger partial charge in [-0.1, -0.05) is 18.2 Å². The lowest BCUT2D eigenvalue weighted by Crippen LogP contribution is -2.23. The van der Waals surface area contributed by atoms with Crippen LogP contribution >= 0.6 is 0 Å². The van der Waals surface area contributed by atoms with Crippen LogP contribution in [-0.4, -0.2) is 25.7 Å². The number of nitrogens with one attached hydrogen (secondary N) is 1. The number of carbonyl (C=O) groups is 1. The van der Waals surface area contributed by atoms with Crippen molar-refractivity contribution >= 4 is 16.9 Å². The number of halogens is 3. The molecule has 30 heavy (non-hydrogen) atoms. The molecule has 3 heterocycles. The van der Waals surface area contributed by atoms with E-state index >= 15 is 0 Å². The van der Waals surface area contributed by atoms with Crippen molar-refractivity contribution in [2.24, 2.45) is 7.05 Å². The van der Waals surface area contributed by atoms with Crippen molar-refractivity contribution in [3.63, 3.8) is 0 Å². The molecule has 0 bridgehead atoms. The Hall–Kier alpha value is -3.75. The van der Waals surface area contributed by atoms with Crippen LogP contribution in [0.4, 0.5) is 13.2 Å². The SMILES string of the molecule is Cn1ncc2c(C(=O)NCc3cccnc3)cc(-c3ccc(C(F)(F)F)cc3)nc21. The van der Waals surface area contributed by atoms with Crippen molar-refractivity contribution in [2.75, 3.05) is 0 Å². The molecule has 4 aromatic rings. The van der Waals surface area contributed by atoms with E-state index in [2.05, 4.69) is 20.4 Å². The summed E-state index contributed by atoms with van der Waals surface area (Å²) in [5.74, 6) is -0.340. The zero-order valence-electron chi connectivity index (χ0n) is 15.8. The lowest BCUT2D eigenvalue weighted by atomic mass is 10.0. The van der Waals surface area contributed by atoms with Crippen LogP contribution in [0.3, 0.4) is 0 Å². The zero-order chi connectivity index (χ0) is 21.3. The fourth-order valence-electron chi connectivity index (χ4n) is 3.06. The first-order valence-corrected chi connectivity index (χ1v) is 9.00. The number of hydrogen-bond donors (Lipinski definition) is 1. The Kier molecular flexibility index (Phi) is 4.94. The van der Waals surface area contributed by atoms with E-state index in [9.17, 15) is 18.0 Å². The Morgan fingerprint density at radius 3 is 2.57 bits per heavy atom. The fourth-order valence-corrected chi connectivity index (χ4v) is 3.06. The standard InChI is InChI=1S/C21H16F3N5O/c1-29-19-17(12-27-29)16(20(30)26-11-13-3-2-8-25-10-13)9-18(28-19)14-4-6-15(7-5-14)21(22,23)24/h2-10,12H,11H2,1H3,(H,26,30). The van der Waals surface area contributed by atoms with Gasteiger partial charge in [-0.25, -0.2) is 4.98 Å². The first kappa shape index (κ1) is 19.6. The van der Waals surface area contributed by atoms with Crippen molar-refractivity contribution in [3.8, 4) is 11.3 Å². The molecule has 0 fully saturated rings. The van der Waals surface area contributed by atoms with Gasteiger partial charge >= 0.3 is 6.18 Å². The van der Waals surface area contributed by atoms with Crippen molar-refractivity contribution in [1.82, 2.24) is 25.1 Å². The molecule has 9 heteroatoms. The first-order valence-electron chi connectivity index (χ1n) is 9.00. The summed E-state index contributed by atoms with van der Waals surface area (Å²) in [4.78, 5) is 21.4. The largest absolute Gasteiger partial charge is 0.416 e. The molecular weight excluding hydrogens is 395 g/mol. The van der Waals surface area contributed by atoms with Crippen LogP contribution in [0.25, 0.3) is 22.3 Å². The highest BCUT2D eigenvalue weighted by atomic mass is 19.4. The third kappa shape index (κ3) is 3.86. The van der Waals surface area contributed by atoms with Crippen molar-refractivity contribution in [1.29, 1.82) is 0 Å². The third-order valence-electron chi connectivity index (χ3n) is 4.63. The highest BCUT2D eigenvalue weighted by Crippen LogP contribution is 2.31. The van der Waals surface area contributed by atoms with E-state index in [1.807, 2.05) is 6.07 Å². The van der Waals surface area contributed by atoms with E-state index in [0.29, 0.717) is 27.9 Å². The summed E-state index contributed by atoms with van der Waals surface area (Å²) < 4.78 is 40.1. The number of nitrogens with zero attached hydrogens (tertiary/aromatic N) is 4. The van der Waals surface area contributed by atoms with Gasteiger partial charge in [-0.15, -0.1) is 0 Å². The number of benzene rings is 1. The second-order valence-electron chi connectivity index (χ2n) is 6.68. The molecule has 4 rings (SSSR count). The van der Waals surface area contributed by atoms with Gasteiger partial charge in [0.1, 0.15) is 0 Å². The van der Waals surface area contributed by atoms with E-state index in [1.165, 1.54) is 23.0 Å². The second kappa shape index (κ2) is 7.58. The highest BCUT2D eigenvalue weighted by Gasteiger charge is 2.30. The molecule has 0 aliphatic carbocycles. The molecule has 0 aliphatic heterocycles. The van der Waals surface area contributed by atoms with Gasteiger partial charge in [0.05, 0.1) is 28.4 Å². The smallest absolute Gasteiger partial charge is 0.348 e. The molecule has 0 radical (unpaired) electrons. The van der Waals surface area contributed by atoms with Crippen LogP contribution in [-0.2, 0) is 19.8 Å². The Labute approximate surface area is 169 Å². The van der Waals surface area contributed by atoms with E-state index < -0.39 is 11.7 Å². The summed E-state index contributed by atoms with van der Waals surface area (Å²) in [6.45, 7) is 0.284. The van der Waals surface area contributed by atoms with Gasteiger partial charge in [-0.3, -0.25) is 14.5 Å². The van der Waals surface area contributed by atoms with E-state index in [1.54, 1.807) is 31.6 Å². The van der Waals surface area contributed by atoms with Gasteiger partial charge in [-0.2, -0.15) is 18.3 Å². The average Bonchev–Trinajstić information content (AvgIpc) is 3.12. The number of amides is 1. The Morgan fingerprint density at radius 2 is 1.90 bits per heavy atom. The minimum Gasteiger partial charge on any atom is -0.348 e. The van der Waals surface area contributed by atoms with Gasteiger partial charge in [0.25, 0.3) is 5.91 Å². The average molecular weight is 411 g/mol. The maximum atomic E-state index is 12.9. The van der Waals surface area contributed by atoms with E-state index in [0.717, 1.165) is 17.7 Å². The molecule has 0 saturated carbocycles. The van der Waals surface area contributed by atoms with Gasteiger partial charge in [-0.05, 0) is 29.8 Å². The maximum Gasteiger partial charge on any atom is 0.416 e. The molecule has 1 amide bonds. The van der Waals surface area contributed by atoms with E-state index in [-0.39, 0.29) is 12.5 Å². The minimum absolute atomic E-state index is 0.284. The number of hydrogen-bond acceptors (Lipinski definition) is 4. The molecule has 0 aliphatic rings. The molecule has 1 aromatic carbocycles. The van der Waals surface area contributed by atoms with Crippen LogP contribution < -0.4 is 5.32 Å². The maximum absolute atomic E-state index is 12.9. The normalized spacial score (nSPS) is 11.6. The fraction of sp³-hybridized carbons (Fsp3) is 0.143. The van der Waals surface area contributed by atoms with Crippen LogP contribution in [0, 0.1) is 0 Å². The van der Waals surface area contributed by atoms with Gasteiger partial charge in [0.15, 0.2) is 5.65 Å². The molecule has 0 atom stereocenters. The number of rotatable bonds is 4. The summed E-state index contributed by atoms with van der Waals surface area (Å²) in [5.41, 5.74) is 1.73. The number of pyridine rings is 2. The third-order valence-corrected chi connectivity index (χ3v) is 4.63. The molecular formula is C21H16F3N5O. The summed E-state index contributed by atoms with van der Waals surface area (Å²) in [5, 5.41) is 7.54. The number of carbonyl (C=O) groups excluding carboxylic acids is 1. The van der Waals surface area contributed by atoms with Gasteiger partial charge in [0, 0.05) is 31.5 Å². The zero-order valence-corrected chi connectivity index (χ0v) is 15.8. The monoisotopic (exact) mass is 411 g/mol. The molecule has 1 N–H and O–H groups in total. The number of fused-ring (bicyclic) bond motifs is 1. The van der Waals surface area contributed by atoms with Gasteiger partial charge < -0.3 is 5.32 Å².